The molecule has 2 N–H and O–H groups in total. The lowest BCUT2D eigenvalue weighted by Gasteiger charge is -2.15. The van der Waals surface area contributed by atoms with Gasteiger partial charge in [0.15, 0.2) is 0 Å². The van der Waals surface area contributed by atoms with Crippen LogP contribution in [0, 0.1) is 6.92 Å². The highest BCUT2D eigenvalue weighted by atomic mass is 32.2. The number of rotatable bonds is 4. The molecule has 1 atom stereocenters. The minimum atomic E-state index is -0.0967. The van der Waals surface area contributed by atoms with Crippen molar-refractivity contribution >= 4 is 11.8 Å². The molecule has 0 saturated carbocycles. The Balaban J connectivity index is 2.27. The molecule has 3 heteroatoms. The van der Waals surface area contributed by atoms with Crippen molar-refractivity contribution in [1.82, 2.24) is 0 Å². The van der Waals surface area contributed by atoms with Crippen molar-refractivity contribution in [3.8, 4) is 5.75 Å². The van der Waals surface area contributed by atoms with Gasteiger partial charge in [-0.05, 0) is 48.1 Å². The third kappa shape index (κ3) is 3.11. The molecule has 0 bridgehead atoms. The van der Waals surface area contributed by atoms with Crippen molar-refractivity contribution in [2.45, 2.75) is 17.9 Å². The summed E-state index contributed by atoms with van der Waals surface area (Å²) in [6, 6.07) is 14.4. The van der Waals surface area contributed by atoms with Crippen molar-refractivity contribution in [3.05, 3.63) is 59.2 Å². The fourth-order valence-corrected chi connectivity index (χ4v) is 2.51. The summed E-state index contributed by atoms with van der Waals surface area (Å²) >= 11 is 1.74. The molecule has 0 aliphatic carbocycles. The molecule has 0 aromatic heterocycles. The van der Waals surface area contributed by atoms with Gasteiger partial charge in [0, 0.05) is 4.90 Å². The van der Waals surface area contributed by atoms with Crippen LogP contribution in [0.25, 0.3) is 0 Å². The van der Waals surface area contributed by atoms with E-state index in [9.17, 15) is 0 Å². The topological polar surface area (TPSA) is 35.2 Å². The number of thioether (sulfide) groups is 1. The predicted octanol–water partition coefficient (Wildman–Crippen LogP) is 3.77. The molecule has 0 fully saturated rings. The van der Waals surface area contributed by atoms with E-state index in [0.29, 0.717) is 0 Å². The Morgan fingerprint density at radius 1 is 1.05 bits per heavy atom. The number of ether oxygens (including phenoxy) is 1. The summed E-state index contributed by atoms with van der Waals surface area (Å²) < 4.78 is 5.27. The van der Waals surface area contributed by atoms with Crippen LogP contribution >= 0.6 is 11.8 Å². The summed E-state index contributed by atoms with van der Waals surface area (Å²) in [5.41, 5.74) is 9.66. The van der Waals surface area contributed by atoms with Crippen molar-refractivity contribution in [3.63, 3.8) is 0 Å². The Morgan fingerprint density at radius 2 is 1.68 bits per heavy atom. The largest absolute Gasteiger partial charge is 0.496 e. The summed E-state index contributed by atoms with van der Waals surface area (Å²) in [5.74, 6) is 0.897. The first-order valence-electron chi connectivity index (χ1n) is 6.19. The lowest BCUT2D eigenvalue weighted by molar-refractivity contribution is 0.411. The summed E-state index contributed by atoms with van der Waals surface area (Å²) in [5, 5.41) is 0. The third-order valence-electron chi connectivity index (χ3n) is 3.25. The molecule has 0 amide bonds. The molecule has 2 rings (SSSR count). The predicted molar refractivity (Wildman–Crippen MR) is 82.0 cm³/mol. The molecule has 0 radical (unpaired) electrons. The zero-order valence-electron chi connectivity index (χ0n) is 11.5. The van der Waals surface area contributed by atoms with Crippen LogP contribution in [-0.2, 0) is 0 Å². The van der Waals surface area contributed by atoms with Crippen LogP contribution in [0.3, 0.4) is 0 Å². The van der Waals surface area contributed by atoms with Crippen LogP contribution in [0.2, 0.25) is 0 Å². The molecular weight excluding hydrogens is 254 g/mol. The van der Waals surface area contributed by atoms with Gasteiger partial charge in [0.1, 0.15) is 5.75 Å². The molecule has 2 aromatic carbocycles. The molecular formula is C16H19NOS. The lowest BCUT2D eigenvalue weighted by atomic mass is 9.98. The normalized spacial score (nSPS) is 12.2. The van der Waals surface area contributed by atoms with Gasteiger partial charge in [0.05, 0.1) is 13.2 Å². The van der Waals surface area contributed by atoms with E-state index in [1.54, 1.807) is 18.9 Å². The fraction of sp³-hybridized carbons (Fsp3) is 0.250. The van der Waals surface area contributed by atoms with Gasteiger partial charge >= 0.3 is 0 Å². The molecule has 0 heterocycles. The molecule has 0 aliphatic rings. The highest BCUT2D eigenvalue weighted by Gasteiger charge is 2.10. The van der Waals surface area contributed by atoms with Gasteiger partial charge in [-0.25, -0.2) is 0 Å². The first-order valence-corrected chi connectivity index (χ1v) is 7.42. The van der Waals surface area contributed by atoms with E-state index in [2.05, 4.69) is 36.6 Å². The van der Waals surface area contributed by atoms with E-state index in [4.69, 9.17) is 10.5 Å². The maximum atomic E-state index is 6.32. The molecule has 1 unspecified atom stereocenters. The summed E-state index contributed by atoms with van der Waals surface area (Å²) in [7, 11) is 1.68. The SMILES string of the molecule is COc1ccc(C(N)c2ccc(SC)cc2)cc1C. The summed E-state index contributed by atoms with van der Waals surface area (Å²) in [6.45, 7) is 2.03. The van der Waals surface area contributed by atoms with Crippen LogP contribution < -0.4 is 10.5 Å². The van der Waals surface area contributed by atoms with Gasteiger partial charge < -0.3 is 10.5 Å². The minimum absolute atomic E-state index is 0.0967. The molecule has 0 saturated heterocycles. The number of hydrogen-bond donors (Lipinski definition) is 1. The summed E-state index contributed by atoms with van der Waals surface area (Å²) in [6.07, 6.45) is 2.07. The van der Waals surface area contributed by atoms with Gasteiger partial charge in [-0.1, -0.05) is 24.3 Å². The fourth-order valence-electron chi connectivity index (χ4n) is 2.10. The zero-order valence-corrected chi connectivity index (χ0v) is 12.3. The Kier molecular flexibility index (Phi) is 4.51. The standard InChI is InChI=1S/C16H19NOS/c1-11-10-13(6-9-15(11)18-2)16(17)12-4-7-14(19-3)8-5-12/h4-10,16H,17H2,1-3H3. The van der Waals surface area contributed by atoms with Gasteiger partial charge in [-0.2, -0.15) is 0 Å². The third-order valence-corrected chi connectivity index (χ3v) is 4.00. The number of aryl methyl sites for hydroxylation is 1. The number of hydrogen-bond acceptors (Lipinski definition) is 3. The van der Waals surface area contributed by atoms with Crippen molar-refractivity contribution < 1.29 is 4.74 Å². The molecule has 100 valence electrons. The van der Waals surface area contributed by atoms with Crippen LogP contribution in [0.5, 0.6) is 5.75 Å². The average molecular weight is 273 g/mol. The van der Waals surface area contributed by atoms with E-state index in [1.165, 1.54) is 4.90 Å². The lowest BCUT2D eigenvalue weighted by Crippen LogP contribution is -2.12. The van der Waals surface area contributed by atoms with E-state index in [1.807, 2.05) is 19.1 Å². The molecule has 0 spiro atoms. The first-order chi connectivity index (χ1) is 9.15. The number of nitrogens with two attached hydrogens (primary N) is 1. The second kappa shape index (κ2) is 6.13. The Bertz CT molecular complexity index is 551. The number of benzene rings is 2. The Labute approximate surface area is 119 Å². The highest BCUT2D eigenvalue weighted by Crippen LogP contribution is 2.26. The average Bonchev–Trinajstić information content (AvgIpc) is 2.46. The maximum Gasteiger partial charge on any atom is 0.121 e. The van der Waals surface area contributed by atoms with Gasteiger partial charge in [0.2, 0.25) is 0 Å². The Hall–Kier alpha value is -1.45. The zero-order chi connectivity index (χ0) is 13.8. The maximum absolute atomic E-state index is 6.32. The van der Waals surface area contributed by atoms with Crippen LogP contribution in [-0.4, -0.2) is 13.4 Å². The first kappa shape index (κ1) is 14.0. The molecule has 2 nitrogen and oxygen atoms in total. The van der Waals surface area contributed by atoms with E-state index in [-0.39, 0.29) is 6.04 Å². The smallest absolute Gasteiger partial charge is 0.121 e. The van der Waals surface area contributed by atoms with Crippen molar-refractivity contribution in [2.75, 3.05) is 13.4 Å². The highest BCUT2D eigenvalue weighted by molar-refractivity contribution is 7.98. The molecule has 0 aliphatic heterocycles. The van der Waals surface area contributed by atoms with E-state index >= 15 is 0 Å². The van der Waals surface area contributed by atoms with Crippen LogP contribution in [0.4, 0.5) is 0 Å². The van der Waals surface area contributed by atoms with E-state index < -0.39 is 0 Å². The van der Waals surface area contributed by atoms with Crippen LogP contribution in [0.1, 0.15) is 22.7 Å². The monoisotopic (exact) mass is 273 g/mol. The second-order valence-corrected chi connectivity index (χ2v) is 5.36. The quantitative estimate of drug-likeness (QED) is 0.861. The minimum Gasteiger partial charge on any atom is -0.496 e. The van der Waals surface area contributed by atoms with Gasteiger partial charge in [-0.15, -0.1) is 11.8 Å². The second-order valence-electron chi connectivity index (χ2n) is 4.48. The van der Waals surface area contributed by atoms with Crippen LogP contribution in [0.15, 0.2) is 47.4 Å². The molecule has 2 aromatic rings. The molecule has 19 heavy (non-hydrogen) atoms. The summed E-state index contributed by atoms with van der Waals surface area (Å²) in [4.78, 5) is 1.25. The van der Waals surface area contributed by atoms with E-state index in [0.717, 1.165) is 22.4 Å². The van der Waals surface area contributed by atoms with Crippen molar-refractivity contribution in [2.24, 2.45) is 5.73 Å². The van der Waals surface area contributed by atoms with Gasteiger partial charge in [0.25, 0.3) is 0 Å². The Morgan fingerprint density at radius 3 is 2.21 bits per heavy atom. The van der Waals surface area contributed by atoms with Crippen molar-refractivity contribution in [1.29, 1.82) is 0 Å². The number of methoxy groups -OCH3 is 1. The van der Waals surface area contributed by atoms with Gasteiger partial charge in [-0.3, -0.25) is 0 Å².